The molecule has 0 unspecified atom stereocenters. The first-order valence-corrected chi connectivity index (χ1v) is 17.3. The van der Waals surface area contributed by atoms with Gasteiger partial charge in [-0.05, 0) is 80.9 Å². The molecule has 50 heavy (non-hydrogen) atoms. The summed E-state index contributed by atoms with van der Waals surface area (Å²) in [5.74, 6) is 0. The first-order valence-electron chi connectivity index (χ1n) is 17.3. The maximum Gasteiger partial charge on any atom is 0.0782 e. The molecule has 0 aliphatic heterocycles. The molecule has 1 aliphatic carbocycles. The third-order valence-electron chi connectivity index (χ3n) is 10.7. The average Bonchev–Trinajstić information content (AvgIpc) is 3.71. The van der Waals surface area contributed by atoms with E-state index in [0.29, 0.717) is 0 Å². The molecule has 2 aromatic heterocycles. The van der Waals surface area contributed by atoms with Crippen LogP contribution in [0, 0.1) is 0 Å². The predicted octanol–water partition coefficient (Wildman–Crippen LogP) is 12.9. The van der Waals surface area contributed by atoms with Gasteiger partial charge in [0.2, 0.25) is 0 Å². The molecule has 11 rings (SSSR count). The van der Waals surface area contributed by atoms with E-state index in [0.717, 1.165) is 5.69 Å². The van der Waals surface area contributed by atoms with Crippen LogP contribution in [0.4, 0.5) is 0 Å². The lowest BCUT2D eigenvalue weighted by Crippen LogP contribution is -2.02. The summed E-state index contributed by atoms with van der Waals surface area (Å²) < 4.78 is 4.95. The standard InChI is InChI=1S/C48H30N2/c1-2-15-33-32(14-1)34-16-3-4-18-36(34)38-29-28-31(30-43(38)37-19-6-5-17-35(33)37)49-44-24-10-9-22-41(44)42-23-13-27-47(48(42)49)50-45-25-11-7-20-39(45)40-21-8-12-26-46(40)50/h1-30H. The minimum Gasteiger partial charge on any atom is -0.307 e. The van der Waals surface area contributed by atoms with Gasteiger partial charge in [0.05, 0.1) is 27.8 Å². The Bertz CT molecular complexity index is 2930. The molecule has 0 N–H and O–H groups in total. The molecule has 0 spiro atoms. The van der Waals surface area contributed by atoms with Gasteiger partial charge in [0.25, 0.3) is 0 Å². The topological polar surface area (TPSA) is 9.86 Å². The molecule has 1 aliphatic rings. The SMILES string of the molecule is c1ccc2c(c1)-c1ccccc1-c1ccc(-n3c4ccccc4c4cccc(-n5c6ccccc6c6ccccc65)c43)cc1-c1ccccc1-2. The number of benzene rings is 8. The summed E-state index contributed by atoms with van der Waals surface area (Å²) in [6.07, 6.45) is 0. The fourth-order valence-electron chi connectivity index (χ4n) is 8.62. The van der Waals surface area contributed by atoms with E-state index in [1.165, 1.54) is 93.8 Å². The normalized spacial score (nSPS) is 12.0. The summed E-state index contributed by atoms with van der Waals surface area (Å²) in [7, 11) is 0. The van der Waals surface area contributed by atoms with E-state index in [-0.39, 0.29) is 0 Å². The molecule has 0 saturated carbocycles. The Morgan fingerprint density at radius 3 is 1.16 bits per heavy atom. The number of hydrogen-bond donors (Lipinski definition) is 0. The van der Waals surface area contributed by atoms with Crippen LogP contribution in [0.2, 0.25) is 0 Å². The van der Waals surface area contributed by atoms with Gasteiger partial charge in [-0.2, -0.15) is 0 Å². The number of aromatic nitrogens is 2. The molecule has 0 saturated heterocycles. The second-order valence-corrected chi connectivity index (χ2v) is 13.3. The van der Waals surface area contributed by atoms with Crippen LogP contribution in [0.15, 0.2) is 182 Å². The second-order valence-electron chi connectivity index (χ2n) is 13.3. The molecule has 0 bridgehead atoms. The summed E-state index contributed by atoms with van der Waals surface area (Å²) in [4.78, 5) is 0. The Hall–Kier alpha value is -6.64. The Morgan fingerprint density at radius 2 is 0.640 bits per heavy atom. The van der Waals surface area contributed by atoms with Gasteiger partial charge < -0.3 is 9.13 Å². The lowest BCUT2D eigenvalue weighted by atomic mass is 9.81. The first kappa shape index (κ1) is 27.3. The van der Waals surface area contributed by atoms with Crippen LogP contribution in [0.3, 0.4) is 0 Å². The summed E-state index contributed by atoms with van der Waals surface area (Å²) in [6, 6.07) is 66.9. The smallest absolute Gasteiger partial charge is 0.0782 e. The molecule has 10 aromatic rings. The van der Waals surface area contributed by atoms with Gasteiger partial charge in [-0.25, -0.2) is 0 Å². The molecule has 0 atom stereocenters. The highest BCUT2D eigenvalue weighted by molar-refractivity contribution is 6.15. The van der Waals surface area contributed by atoms with Crippen molar-refractivity contribution in [2.45, 2.75) is 0 Å². The molecule has 8 aromatic carbocycles. The van der Waals surface area contributed by atoms with Crippen molar-refractivity contribution in [2.24, 2.45) is 0 Å². The van der Waals surface area contributed by atoms with Crippen molar-refractivity contribution in [3.05, 3.63) is 182 Å². The van der Waals surface area contributed by atoms with Crippen molar-refractivity contribution in [1.82, 2.24) is 9.13 Å². The second kappa shape index (κ2) is 10.4. The van der Waals surface area contributed by atoms with Gasteiger partial charge >= 0.3 is 0 Å². The van der Waals surface area contributed by atoms with Gasteiger partial charge in [-0.15, -0.1) is 0 Å². The molecule has 2 heteroatoms. The van der Waals surface area contributed by atoms with Crippen molar-refractivity contribution >= 4 is 43.6 Å². The van der Waals surface area contributed by atoms with E-state index in [1.54, 1.807) is 0 Å². The van der Waals surface area contributed by atoms with Crippen molar-refractivity contribution in [1.29, 1.82) is 0 Å². The summed E-state index contributed by atoms with van der Waals surface area (Å²) in [5.41, 5.74) is 17.1. The van der Waals surface area contributed by atoms with Crippen molar-refractivity contribution in [3.8, 4) is 55.9 Å². The van der Waals surface area contributed by atoms with Crippen LogP contribution in [-0.4, -0.2) is 9.13 Å². The van der Waals surface area contributed by atoms with E-state index < -0.39 is 0 Å². The summed E-state index contributed by atoms with van der Waals surface area (Å²) >= 11 is 0. The van der Waals surface area contributed by atoms with Gasteiger partial charge in [0, 0.05) is 27.2 Å². The van der Waals surface area contributed by atoms with E-state index in [1.807, 2.05) is 0 Å². The Morgan fingerprint density at radius 1 is 0.260 bits per heavy atom. The van der Waals surface area contributed by atoms with Crippen molar-refractivity contribution < 1.29 is 0 Å². The highest BCUT2D eigenvalue weighted by Gasteiger charge is 2.24. The Balaban J connectivity index is 1.26. The number of para-hydroxylation sites is 4. The molecular formula is C48H30N2. The van der Waals surface area contributed by atoms with Crippen LogP contribution in [0.25, 0.3) is 99.5 Å². The molecule has 0 fully saturated rings. The maximum absolute atomic E-state index is 2.49. The number of hydrogen-bond acceptors (Lipinski definition) is 0. The largest absolute Gasteiger partial charge is 0.307 e. The number of nitrogens with zero attached hydrogens (tertiary/aromatic N) is 2. The molecule has 0 amide bonds. The van der Waals surface area contributed by atoms with Gasteiger partial charge in [0.15, 0.2) is 0 Å². The average molecular weight is 635 g/mol. The lowest BCUT2D eigenvalue weighted by molar-refractivity contribution is 1.13. The third kappa shape index (κ3) is 3.73. The van der Waals surface area contributed by atoms with E-state index in [9.17, 15) is 0 Å². The predicted molar refractivity (Wildman–Crippen MR) is 210 cm³/mol. The quantitative estimate of drug-likeness (QED) is 0.179. The monoisotopic (exact) mass is 634 g/mol. The fraction of sp³-hybridized carbons (Fsp3) is 0. The van der Waals surface area contributed by atoms with Crippen molar-refractivity contribution in [2.75, 3.05) is 0 Å². The van der Waals surface area contributed by atoms with Crippen LogP contribution in [-0.2, 0) is 0 Å². The molecule has 2 heterocycles. The zero-order chi connectivity index (χ0) is 32.8. The van der Waals surface area contributed by atoms with E-state index in [4.69, 9.17) is 0 Å². The summed E-state index contributed by atoms with van der Waals surface area (Å²) in [6.45, 7) is 0. The van der Waals surface area contributed by atoms with Gasteiger partial charge in [0.1, 0.15) is 0 Å². The zero-order valence-electron chi connectivity index (χ0n) is 27.2. The number of rotatable bonds is 2. The molecule has 232 valence electrons. The van der Waals surface area contributed by atoms with E-state index >= 15 is 0 Å². The van der Waals surface area contributed by atoms with Crippen molar-refractivity contribution in [3.63, 3.8) is 0 Å². The Labute approximate surface area is 289 Å². The molecule has 2 nitrogen and oxygen atoms in total. The van der Waals surface area contributed by atoms with Gasteiger partial charge in [-0.1, -0.05) is 146 Å². The molecular weight excluding hydrogens is 605 g/mol. The fourth-order valence-corrected chi connectivity index (χ4v) is 8.62. The summed E-state index contributed by atoms with van der Waals surface area (Å²) in [5, 5.41) is 5.02. The highest BCUT2D eigenvalue weighted by atomic mass is 15.1. The lowest BCUT2D eigenvalue weighted by Gasteiger charge is -2.24. The first-order chi connectivity index (χ1) is 24.8. The highest BCUT2D eigenvalue weighted by Crippen LogP contribution is 2.48. The van der Waals surface area contributed by atoms with Crippen LogP contribution in [0.1, 0.15) is 0 Å². The Kier molecular flexibility index (Phi) is 5.70. The van der Waals surface area contributed by atoms with Crippen LogP contribution in [0.5, 0.6) is 0 Å². The van der Waals surface area contributed by atoms with E-state index in [2.05, 4.69) is 191 Å². The van der Waals surface area contributed by atoms with Crippen LogP contribution < -0.4 is 0 Å². The molecule has 0 radical (unpaired) electrons. The zero-order valence-corrected chi connectivity index (χ0v) is 27.2. The number of fused-ring (bicyclic) bond motifs is 14. The minimum absolute atomic E-state index is 1.14. The minimum atomic E-state index is 1.14. The van der Waals surface area contributed by atoms with Crippen LogP contribution >= 0.6 is 0 Å². The third-order valence-corrected chi connectivity index (χ3v) is 10.7. The van der Waals surface area contributed by atoms with Gasteiger partial charge in [-0.3, -0.25) is 0 Å². The maximum atomic E-state index is 2.49.